The van der Waals surface area contributed by atoms with Gasteiger partial charge in [-0.15, -0.1) is 0 Å². The molecule has 1 aromatic rings. The zero-order valence-electron chi connectivity index (χ0n) is 12.8. The lowest BCUT2D eigenvalue weighted by Crippen LogP contribution is -2.45. The normalized spacial score (nSPS) is 16.9. The van der Waals surface area contributed by atoms with Crippen LogP contribution in [0.2, 0.25) is 0 Å². The van der Waals surface area contributed by atoms with E-state index in [9.17, 15) is 9.59 Å². The molecule has 1 heterocycles. The molecule has 0 aliphatic carbocycles. The van der Waals surface area contributed by atoms with Crippen molar-refractivity contribution in [3.8, 4) is 11.5 Å². The molecule has 6 heteroatoms. The van der Waals surface area contributed by atoms with Crippen LogP contribution in [0.5, 0.6) is 11.5 Å². The number of benzene rings is 1. The van der Waals surface area contributed by atoms with Crippen molar-refractivity contribution in [3.63, 3.8) is 0 Å². The van der Waals surface area contributed by atoms with Crippen LogP contribution >= 0.6 is 0 Å². The summed E-state index contributed by atoms with van der Waals surface area (Å²) in [5.41, 5.74) is 0. The molecule has 0 aromatic heterocycles. The van der Waals surface area contributed by atoms with E-state index in [0.717, 1.165) is 5.75 Å². The summed E-state index contributed by atoms with van der Waals surface area (Å²) in [6, 6.07) is 7.04. The van der Waals surface area contributed by atoms with E-state index in [1.807, 2.05) is 0 Å². The molecule has 0 bridgehead atoms. The number of carbonyl (C=O) groups excluding carboxylic acids is 1. The fourth-order valence-electron chi connectivity index (χ4n) is 2.51. The van der Waals surface area contributed by atoms with Gasteiger partial charge < -0.3 is 19.5 Å². The smallest absolute Gasteiger partial charge is 0.306 e. The predicted octanol–water partition coefficient (Wildman–Crippen LogP) is 1.79. The average molecular weight is 307 g/mol. The summed E-state index contributed by atoms with van der Waals surface area (Å²) in [7, 11) is 1.59. The van der Waals surface area contributed by atoms with Crippen molar-refractivity contribution in [1.29, 1.82) is 0 Å². The summed E-state index contributed by atoms with van der Waals surface area (Å²) < 4.78 is 10.7. The van der Waals surface area contributed by atoms with Crippen LogP contribution < -0.4 is 9.47 Å². The molecule has 0 spiro atoms. The van der Waals surface area contributed by atoms with Gasteiger partial charge in [0.15, 0.2) is 6.10 Å². The Hall–Kier alpha value is -2.24. The zero-order valence-corrected chi connectivity index (χ0v) is 12.8. The standard InChI is InChI=1S/C16H21NO5/c1-11(22-14-5-3-13(21-2)4-6-14)15(18)17-9-7-12(8-10-17)16(19)20/h3-6,11-12H,7-10H2,1-2H3,(H,19,20)/t11-/m1/s1. The lowest BCUT2D eigenvalue weighted by Gasteiger charge is -2.32. The van der Waals surface area contributed by atoms with Gasteiger partial charge in [0, 0.05) is 13.1 Å². The van der Waals surface area contributed by atoms with Crippen LogP contribution in [0.4, 0.5) is 0 Å². The van der Waals surface area contributed by atoms with Crippen LogP contribution in [-0.2, 0) is 9.59 Å². The summed E-state index contributed by atoms with van der Waals surface area (Å²) in [6.07, 6.45) is 0.391. The quantitative estimate of drug-likeness (QED) is 0.897. The van der Waals surface area contributed by atoms with Crippen LogP contribution in [0.15, 0.2) is 24.3 Å². The van der Waals surface area contributed by atoms with Gasteiger partial charge in [0.1, 0.15) is 11.5 Å². The molecule has 0 unspecified atom stereocenters. The Morgan fingerprint density at radius 3 is 2.23 bits per heavy atom. The Morgan fingerprint density at radius 1 is 1.18 bits per heavy atom. The molecule has 1 atom stereocenters. The number of carbonyl (C=O) groups is 2. The summed E-state index contributed by atoms with van der Waals surface area (Å²) in [6.45, 7) is 2.63. The van der Waals surface area contributed by atoms with Gasteiger partial charge in [-0.1, -0.05) is 0 Å². The number of rotatable bonds is 5. The minimum absolute atomic E-state index is 0.111. The van der Waals surface area contributed by atoms with Gasteiger partial charge in [0.2, 0.25) is 0 Å². The zero-order chi connectivity index (χ0) is 16.1. The molecule has 0 saturated carbocycles. The number of aliphatic carboxylic acids is 1. The number of likely N-dealkylation sites (tertiary alicyclic amines) is 1. The second-order valence-electron chi connectivity index (χ2n) is 5.37. The molecular formula is C16H21NO5. The van der Waals surface area contributed by atoms with E-state index >= 15 is 0 Å². The predicted molar refractivity (Wildman–Crippen MR) is 80.0 cm³/mol. The number of ether oxygens (including phenoxy) is 2. The first-order chi connectivity index (χ1) is 10.5. The van der Waals surface area contributed by atoms with Crippen molar-refractivity contribution in [2.24, 2.45) is 5.92 Å². The maximum Gasteiger partial charge on any atom is 0.306 e. The van der Waals surface area contributed by atoms with E-state index in [4.69, 9.17) is 14.6 Å². The molecule has 22 heavy (non-hydrogen) atoms. The molecular weight excluding hydrogens is 286 g/mol. The van der Waals surface area contributed by atoms with Crippen LogP contribution in [-0.4, -0.2) is 48.2 Å². The van der Waals surface area contributed by atoms with Crippen LogP contribution in [0, 0.1) is 5.92 Å². The Morgan fingerprint density at radius 2 is 1.73 bits per heavy atom. The third kappa shape index (κ3) is 3.90. The van der Waals surface area contributed by atoms with Crippen molar-refractivity contribution in [2.45, 2.75) is 25.9 Å². The summed E-state index contributed by atoms with van der Waals surface area (Å²) >= 11 is 0. The topological polar surface area (TPSA) is 76.1 Å². The first-order valence-electron chi connectivity index (χ1n) is 7.33. The third-order valence-electron chi connectivity index (χ3n) is 3.88. The van der Waals surface area contributed by atoms with E-state index in [1.54, 1.807) is 43.2 Å². The van der Waals surface area contributed by atoms with E-state index in [1.165, 1.54) is 0 Å². The largest absolute Gasteiger partial charge is 0.497 e. The highest BCUT2D eigenvalue weighted by molar-refractivity contribution is 5.81. The van der Waals surface area contributed by atoms with E-state index in [-0.39, 0.29) is 11.8 Å². The molecule has 1 aliphatic rings. The number of piperidine rings is 1. The highest BCUT2D eigenvalue weighted by Gasteiger charge is 2.29. The maximum absolute atomic E-state index is 12.3. The Balaban J connectivity index is 1.88. The second kappa shape index (κ2) is 7.15. The Bertz CT molecular complexity index is 520. The molecule has 120 valence electrons. The Labute approximate surface area is 129 Å². The van der Waals surface area contributed by atoms with Gasteiger partial charge in [-0.2, -0.15) is 0 Å². The molecule has 2 rings (SSSR count). The molecule has 1 aromatic carbocycles. The van der Waals surface area contributed by atoms with Crippen molar-refractivity contribution in [3.05, 3.63) is 24.3 Å². The summed E-state index contributed by atoms with van der Waals surface area (Å²) in [4.78, 5) is 24.9. The number of carboxylic acids is 1. The average Bonchev–Trinajstić information content (AvgIpc) is 2.55. The van der Waals surface area contributed by atoms with Gasteiger partial charge >= 0.3 is 5.97 Å². The van der Waals surface area contributed by atoms with Crippen molar-refractivity contribution in [2.75, 3.05) is 20.2 Å². The van der Waals surface area contributed by atoms with Crippen molar-refractivity contribution >= 4 is 11.9 Å². The molecule has 6 nitrogen and oxygen atoms in total. The molecule has 0 radical (unpaired) electrons. The first kappa shape index (κ1) is 16.1. The number of hydrogen-bond acceptors (Lipinski definition) is 4. The Kier molecular flexibility index (Phi) is 5.25. The van der Waals surface area contributed by atoms with Crippen molar-refractivity contribution < 1.29 is 24.2 Å². The first-order valence-corrected chi connectivity index (χ1v) is 7.33. The minimum atomic E-state index is -0.783. The molecule has 1 saturated heterocycles. The van der Waals surface area contributed by atoms with Gasteiger partial charge in [0.05, 0.1) is 13.0 Å². The van der Waals surface area contributed by atoms with Crippen LogP contribution in [0.1, 0.15) is 19.8 Å². The molecule has 1 fully saturated rings. The lowest BCUT2D eigenvalue weighted by atomic mass is 9.97. The molecule has 1 amide bonds. The third-order valence-corrected chi connectivity index (χ3v) is 3.88. The second-order valence-corrected chi connectivity index (χ2v) is 5.37. The van der Waals surface area contributed by atoms with Crippen LogP contribution in [0.3, 0.4) is 0 Å². The van der Waals surface area contributed by atoms with Gasteiger partial charge in [-0.25, -0.2) is 0 Å². The van der Waals surface area contributed by atoms with E-state index < -0.39 is 12.1 Å². The highest BCUT2D eigenvalue weighted by atomic mass is 16.5. The van der Waals surface area contributed by atoms with Crippen LogP contribution in [0.25, 0.3) is 0 Å². The lowest BCUT2D eigenvalue weighted by molar-refractivity contribution is -0.147. The number of amides is 1. The van der Waals surface area contributed by atoms with Crippen molar-refractivity contribution in [1.82, 2.24) is 4.90 Å². The van der Waals surface area contributed by atoms with Gasteiger partial charge in [0.25, 0.3) is 5.91 Å². The molecule has 1 N–H and O–H groups in total. The van der Waals surface area contributed by atoms with Gasteiger partial charge in [-0.3, -0.25) is 9.59 Å². The monoisotopic (exact) mass is 307 g/mol. The SMILES string of the molecule is COc1ccc(O[C@H](C)C(=O)N2CCC(C(=O)O)CC2)cc1. The molecule has 1 aliphatic heterocycles. The minimum Gasteiger partial charge on any atom is -0.497 e. The maximum atomic E-state index is 12.3. The fraction of sp³-hybridized carbons (Fsp3) is 0.500. The van der Waals surface area contributed by atoms with E-state index in [2.05, 4.69) is 0 Å². The number of nitrogens with zero attached hydrogens (tertiary/aromatic N) is 1. The van der Waals surface area contributed by atoms with E-state index in [0.29, 0.717) is 31.7 Å². The van der Waals surface area contributed by atoms with Gasteiger partial charge in [-0.05, 0) is 44.0 Å². The number of hydrogen-bond donors (Lipinski definition) is 1. The summed E-state index contributed by atoms with van der Waals surface area (Å²) in [5.74, 6) is 0.0836. The fourth-order valence-corrected chi connectivity index (χ4v) is 2.51. The highest BCUT2D eigenvalue weighted by Crippen LogP contribution is 2.21. The number of methoxy groups -OCH3 is 1. The number of carboxylic acid groups (broad SMARTS) is 1. The summed E-state index contributed by atoms with van der Waals surface area (Å²) in [5, 5.41) is 8.97.